The van der Waals surface area contributed by atoms with E-state index in [-0.39, 0.29) is 11.5 Å². The quantitative estimate of drug-likeness (QED) is 0.817. The summed E-state index contributed by atoms with van der Waals surface area (Å²) in [6.45, 7) is 6.90. The Morgan fingerprint density at radius 1 is 1.26 bits per heavy atom. The molecule has 0 saturated heterocycles. The Morgan fingerprint density at radius 3 is 2.21 bits per heavy atom. The third kappa shape index (κ3) is 4.93. The maximum Gasteiger partial charge on any atom is 0.297 e. The topological polar surface area (TPSA) is 63.6 Å². The van der Waals surface area contributed by atoms with Crippen LogP contribution in [0.5, 0.6) is 0 Å². The molecule has 0 saturated carbocycles. The third-order valence-electron chi connectivity index (χ3n) is 2.92. The second kappa shape index (κ2) is 6.03. The largest absolute Gasteiger partial charge is 0.388 e. The molecule has 0 fully saturated rings. The molecule has 0 aliphatic rings. The second-order valence-electron chi connectivity index (χ2n) is 5.41. The van der Waals surface area contributed by atoms with Crippen molar-refractivity contribution in [3.63, 3.8) is 0 Å². The molecule has 1 rings (SSSR count). The summed E-state index contributed by atoms with van der Waals surface area (Å²) in [6.07, 6.45) is 1.00. The zero-order valence-corrected chi connectivity index (χ0v) is 12.7. The summed E-state index contributed by atoms with van der Waals surface area (Å²) in [7, 11) is -3.80. The molecule has 0 aromatic heterocycles. The molecular formula is C14H22O4S. The van der Waals surface area contributed by atoms with Crippen LogP contribution in [0.3, 0.4) is 0 Å². The molecule has 108 valence electrons. The molecule has 0 radical (unpaired) electrons. The fraction of sp³-hybridized carbons (Fsp3) is 0.571. The number of aliphatic hydroxyl groups is 1. The highest BCUT2D eigenvalue weighted by atomic mass is 32.2. The van der Waals surface area contributed by atoms with E-state index in [0.717, 1.165) is 12.0 Å². The van der Waals surface area contributed by atoms with Crippen LogP contribution >= 0.6 is 0 Å². The van der Waals surface area contributed by atoms with Crippen LogP contribution in [0, 0.1) is 0 Å². The lowest BCUT2D eigenvalue weighted by Gasteiger charge is -2.17. The first-order valence-corrected chi connectivity index (χ1v) is 7.78. The number of hydrogen-bond acceptors (Lipinski definition) is 4. The molecule has 19 heavy (non-hydrogen) atoms. The fourth-order valence-electron chi connectivity index (χ4n) is 1.49. The number of hydrogen-bond donors (Lipinski definition) is 1. The van der Waals surface area contributed by atoms with Gasteiger partial charge in [-0.2, -0.15) is 8.42 Å². The monoisotopic (exact) mass is 286 g/mol. The van der Waals surface area contributed by atoms with Crippen LogP contribution in [0.2, 0.25) is 0 Å². The lowest BCUT2D eigenvalue weighted by atomic mass is 9.99. The van der Waals surface area contributed by atoms with Crippen LogP contribution in [0.25, 0.3) is 0 Å². The lowest BCUT2D eigenvalue weighted by molar-refractivity contribution is 0.0307. The van der Waals surface area contributed by atoms with E-state index in [4.69, 9.17) is 4.18 Å². The minimum Gasteiger partial charge on any atom is -0.388 e. The Labute approximate surface area is 115 Å². The van der Waals surface area contributed by atoms with Crippen molar-refractivity contribution >= 4 is 10.1 Å². The molecule has 0 amide bonds. The normalized spacial score (nSPS) is 14.4. The predicted molar refractivity (Wildman–Crippen MR) is 74.6 cm³/mol. The zero-order valence-electron chi connectivity index (χ0n) is 11.9. The van der Waals surface area contributed by atoms with Gasteiger partial charge in [-0.1, -0.05) is 26.0 Å². The molecule has 0 heterocycles. The Bertz CT molecular complexity index is 497. The molecular weight excluding hydrogens is 264 g/mol. The average Bonchev–Trinajstić information content (AvgIpc) is 2.35. The van der Waals surface area contributed by atoms with Gasteiger partial charge in [-0.3, -0.25) is 4.18 Å². The van der Waals surface area contributed by atoms with Gasteiger partial charge in [-0.25, -0.2) is 0 Å². The van der Waals surface area contributed by atoms with Gasteiger partial charge in [0.15, 0.2) is 0 Å². The molecule has 0 aliphatic carbocycles. The molecule has 0 aliphatic heterocycles. The Morgan fingerprint density at radius 2 is 1.79 bits per heavy atom. The van der Waals surface area contributed by atoms with Crippen LogP contribution in [0.4, 0.5) is 0 Å². The van der Waals surface area contributed by atoms with Crippen LogP contribution in [-0.4, -0.2) is 25.7 Å². The summed E-state index contributed by atoms with van der Waals surface area (Å²) in [6, 6.07) is 6.69. The van der Waals surface area contributed by atoms with Crippen molar-refractivity contribution < 1.29 is 17.7 Å². The van der Waals surface area contributed by atoms with Gasteiger partial charge in [0.1, 0.15) is 0 Å². The molecule has 1 atom stereocenters. The highest BCUT2D eigenvalue weighted by Crippen LogP contribution is 2.21. The van der Waals surface area contributed by atoms with Crippen molar-refractivity contribution in [3.05, 3.63) is 29.8 Å². The molecule has 1 aromatic rings. The van der Waals surface area contributed by atoms with Crippen LogP contribution in [-0.2, 0) is 14.3 Å². The van der Waals surface area contributed by atoms with Crippen LogP contribution < -0.4 is 0 Å². The maximum atomic E-state index is 11.9. The van der Waals surface area contributed by atoms with Crippen molar-refractivity contribution in [1.82, 2.24) is 0 Å². The van der Waals surface area contributed by atoms with Crippen LogP contribution in [0.1, 0.15) is 45.6 Å². The van der Waals surface area contributed by atoms with Gasteiger partial charge in [-0.15, -0.1) is 0 Å². The van der Waals surface area contributed by atoms with Crippen molar-refractivity contribution in [2.24, 2.45) is 0 Å². The van der Waals surface area contributed by atoms with Gasteiger partial charge < -0.3 is 5.11 Å². The van der Waals surface area contributed by atoms with E-state index >= 15 is 0 Å². The van der Waals surface area contributed by atoms with Gasteiger partial charge in [0.2, 0.25) is 0 Å². The summed E-state index contributed by atoms with van der Waals surface area (Å²) in [5.74, 6) is 0.397. The number of benzene rings is 1. The summed E-state index contributed by atoms with van der Waals surface area (Å²) in [4.78, 5) is 0.115. The van der Waals surface area contributed by atoms with Gasteiger partial charge in [0, 0.05) is 0 Å². The highest BCUT2D eigenvalue weighted by Gasteiger charge is 2.21. The summed E-state index contributed by atoms with van der Waals surface area (Å²) >= 11 is 0. The summed E-state index contributed by atoms with van der Waals surface area (Å²) in [5.41, 5.74) is -0.0760. The summed E-state index contributed by atoms with van der Waals surface area (Å²) in [5, 5.41) is 9.49. The zero-order chi connectivity index (χ0) is 14.7. The van der Waals surface area contributed by atoms with Crippen molar-refractivity contribution in [1.29, 1.82) is 0 Å². The van der Waals surface area contributed by atoms with E-state index in [1.54, 1.807) is 24.3 Å². The second-order valence-corrected chi connectivity index (χ2v) is 7.02. The minimum absolute atomic E-state index is 0.115. The molecule has 1 N–H and O–H groups in total. The van der Waals surface area contributed by atoms with Gasteiger partial charge in [0.25, 0.3) is 10.1 Å². The van der Waals surface area contributed by atoms with E-state index in [2.05, 4.69) is 13.8 Å². The third-order valence-corrected chi connectivity index (χ3v) is 4.20. The molecule has 0 spiro atoms. The standard InChI is InChI=1S/C14H22O4S/c1-5-11(2)12-6-8-13(9-7-12)19(16,17)18-10-14(3,4)15/h6-9,11,15H,5,10H2,1-4H3. The van der Waals surface area contributed by atoms with Crippen molar-refractivity contribution in [2.45, 2.75) is 50.5 Å². The molecule has 1 aromatic carbocycles. The van der Waals surface area contributed by atoms with Gasteiger partial charge in [-0.05, 0) is 43.9 Å². The maximum absolute atomic E-state index is 11.9. The van der Waals surface area contributed by atoms with Crippen molar-refractivity contribution in [3.8, 4) is 0 Å². The van der Waals surface area contributed by atoms with E-state index < -0.39 is 15.7 Å². The Balaban J connectivity index is 2.85. The minimum atomic E-state index is -3.80. The fourth-order valence-corrected chi connectivity index (χ4v) is 2.54. The molecule has 1 unspecified atom stereocenters. The first-order valence-electron chi connectivity index (χ1n) is 6.37. The van der Waals surface area contributed by atoms with E-state index in [9.17, 15) is 13.5 Å². The van der Waals surface area contributed by atoms with E-state index in [0.29, 0.717) is 5.92 Å². The van der Waals surface area contributed by atoms with E-state index in [1.165, 1.54) is 13.8 Å². The van der Waals surface area contributed by atoms with Gasteiger partial charge >= 0.3 is 0 Å². The molecule has 4 nitrogen and oxygen atoms in total. The first-order chi connectivity index (χ1) is 8.65. The molecule has 5 heteroatoms. The SMILES string of the molecule is CCC(C)c1ccc(S(=O)(=O)OCC(C)(C)O)cc1. The lowest BCUT2D eigenvalue weighted by Crippen LogP contribution is -2.28. The van der Waals surface area contributed by atoms with Crippen LogP contribution in [0.15, 0.2) is 29.2 Å². The smallest absolute Gasteiger partial charge is 0.297 e. The number of rotatable bonds is 6. The van der Waals surface area contributed by atoms with Gasteiger partial charge in [0.05, 0.1) is 17.1 Å². The summed E-state index contributed by atoms with van der Waals surface area (Å²) < 4.78 is 28.6. The average molecular weight is 286 g/mol. The first kappa shape index (κ1) is 16.1. The highest BCUT2D eigenvalue weighted by molar-refractivity contribution is 7.86. The van der Waals surface area contributed by atoms with Crippen molar-refractivity contribution in [2.75, 3.05) is 6.61 Å². The Hall–Kier alpha value is -0.910. The van der Waals surface area contributed by atoms with E-state index in [1.807, 2.05) is 0 Å². The Kier molecular flexibility index (Phi) is 5.12. The predicted octanol–water partition coefficient (Wildman–Crippen LogP) is 2.68. The molecule has 0 bridgehead atoms.